The van der Waals surface area contributed by atoms with Crippen molar-refractivity contribution in [2.75, 3.05) is 26.7 Å². The number of rotatable bonds is 4. The van der Waals surface area contributed by atoms with E-state index in [0.29, 0.717) is 11.3 Å². The summed E-state index contributed by atoms with van der Waals surface area (Å²) in [6.07, 6.45) is 5.41. The van der Waals surface area contributed by atoms with Crippen molar-refractivity contribution in [3.63, 3.8) is 0 Å². The first-order chi connectivity index (χ1) is 14.2. The highest BCUT2D eigenvalue weighted by atomic mass is 16.5. The summed E-state index contributed by atoms with van der Waals surface area (Å²) in [5.41, 5.74) is 2.49. The van der Waals surface area contributed by atoms with Crippen molar-refractivity contribution in [1.29, 1.82) is 0 Å². The predicted octanol–water partition coefficient (Wildman–Crippen LogP) is 3.79. The van der Waals surface area contributed by atoms with Crippen LogP contribution in [0.2, 0.25) is 0 Å². The minimum absolute atomic E-state index is 0.235. The van der Waals surface area contributed by atoms with E-state index < -0.39 is 0 Å². The van der Waals surface area contributed by atoms with Gasteiger partial charge in [-0.15, -0.1) is 0 Å². The zero-order valence-electron chi connectivity index (χ0n) is 16.9. The van der Waals surface area contributed by atoms with Gasteiger partial charge in [-0.1, -0.05) is 29.4 Å². The van der Waals surface area contributed by atoms with E-state index in [0.717, 1.165) is 49.7 Å². The largest absolute Gasteiger partial charge is 0.334 e. The molecule has 1 unspecified atom stereocenters. The molecule has 3 aromatic rings. The molecule has 0 amide bonds. The third kappa shape index (κ3) is 3.82. The lowest BCUT2D eigenvalue weighted by Crippen LogP contribution is -2.41. The molecule has 5 rings (SSSR count). The second kappa shape index (κ2) is 7.69. The molecular weight excluding hydrogens is 362 g/mol. The number of hydrogen-bond acceptors (Lipinski definition) is 6. The van der Waals surface area contributed by atoms with Gasteiger partial charge in [0.2, 0.25) is 0 Å². The molecule has 0 saturated carbocycles. The molecule has 1 spiro atoms. The van der Waals surface area contributed by atoms with Crippen LogP contribution in [0.3, 0.4) is 0 Å². The molecule has 2 aliphatic heterocycles. The van der Waals surface area contributed by atoms with Gasteiger partial charge in [0.05, 0.1) is 11.7 Å². The molecule has 0 bridgehead atoms. The van der Waals surface area contributed by atoms with Crippen LogP contribution in [0.4, 0.5) is 0 Å². The molecular formula is C23H27N5O. The van der Waals surface area contributed by atoms with Crippen LogP contribution >= 0.6 is 0 Å². The maximum absolute atomic E-state index is 5.57. The normalized spacial score (nSPS) is 22.3. The second-order valence-electron chi connectivity index (χ2n) is 8.56. The highest BCUT2D eigenvalue weighted by Crippen LogP contribution is 2.48. The Morgan fingerprint density at radius 3 is 2.62 bits per heavy atom. The van der Waals surface area contributed by atoms with E-state index in [9.17, 15) is 0 Å². The summed E-state index contributed by atoms with van der Waals surface area (Å²) >= 11 is 0. The zero-order chi connectivity index (χ0) is 19.7. The fourth-order valence-corrected chi connectivity index (χ4v) is 4.89. The first-order valence-electron chi connectivity index (χ1n) is 10.4. The molecule has 29 heavy (non-hydrogen) atoms. The van der Waals surface area contributed by atoms with Gasteiger partial charge < -0.3 is 4.52 Å². The molecule has 6 heteroatoms. The van der Waals surface area contributed by atoms with Crippen LogP contribution in [0.1, 0.15) is 36.8 Å². The number of nitrogens with zero attached hydrogens (tertiary/aromatic N) is 5. The molecule has 2 aliphatic rings. The number of benzene rings is 1. The summed E-state index contributed by atoms with van der Waals surface area (Å²) in [4.78, 5) is 14.1. The van der Waals surface area contributed by atoms with Gasteiger partial charge >= 0.3 is 0 Å². The van der Waals surface area contributed by atoms with Crippen molar-refractivity contribution in [1.82, 2.24) is 24.9 Å². The van der Waals surface area contributed by atoms with Gasteiger partial charge in [-0.3, -0.25) is 14.8 Å². The lowest BCUT2D eigenvalue weighted by Gasteiger charge is -2.39. The lowest BCUT2D eigenvalue weighted by molar-refractivity contribution is 0.104. The number of likely N-dealkylation sites (tertiary alicyclic amines) is 2. The van der Waals surface area contributed by atoms with Crippen LogP contribution in [0.5, 0.6) is 0 Å². The van der Waals surface area contributed by atoms with Crippen LogP contribution < -0.4 is 0 Å². The Kier molecular flexibility index (Phi) is 4.89. The van der Waals surface area contributed by atoms with Gasteiger partial charge in [-0.05, 0) is 69.1 Å². The number of hydrogen-bond donors (Lipinski definition) is 0. The smallest absolute Gasteiger partial charge is 0.257 e. The van der Waals surface area contributed by atoms with Crippen LogP contribution in [0.15, 0.2) is 59.3 Å². The summed E-state index contributed by atoms with van der Waals surface area (Å²) in [5, 5.41) is 4.33. The van der Waals surface area contributed by atoms with Crippen molar-refractivity contribution >= 4 is 0 Å². The summed E-state index contributed by atoms with van der Waals surface area (Å²) in [6, 6.07) is 16.4. The minimum Gasteiger partial charge on any atom is -0.334 e. The Morgan fingerprint density at radius 1 is 1.07 bits per heavy atom. The van der Waals surface area contributed by atoms with Gasteiger partial charge in [0, 0.05) is 24.8 Å². The second-order valence-corrected chi connectivity index (χ2v) is 8.56. The van der Waals surface area contributed by atoms with Crippen molar-refractivity contribution in [2.45, 2.75) is 31.8 Å². The first kappa shape index (κ1) is 18.5. The van der Waals surface area contributed by atoms with Gasteiger partial charge in [-0.25, -0.2) is 0 Å². The van der Waals surface area contributed by atoms with Gasteiger partial charge in [0.1, 0.15) is 0 Å². The van der Waals surface area contributed by atoms with Crippen LogP contribution in [0, 0.1) is 5.41 Å². The number of pyridine rings is 1. The van der Waals surface area contributed by atoms with Crippen molar-refractivity contribution < 1.29 is 4.52 Å². The maximum Gasteiger partial charge on any atom is 0.257 e. The Balaban J connectivity index is 1.24. The summed E-state index contributed by atoms with van der Waals surface area (Å²) in [6.45, 7) is 4.29. The van der Waals surface area contributed by atoms with Gasteiger partial charge in [0.15, 0.2) is 5.82 Å². The highest BCUT2D eigenvalue weighted by Gasteiger charge is 2.46. The lowest BCUT2D eigenvalue weighted by atomic mass is 9.76. The SMILES string of the molecule is CN1CC2(CCN(Cc3ccccn3)CC2)CC1c1noc(-c2ccccc2)n1. The molecule has 150 valence electrons. The average Bonchev–Trinajstić information content (AvgIpc) is 3.36. The van der Waals surface area contributed by atoms with Gasteiger partial charge in [-0.2, -0.15) is 4.98 Å². The zero-order valence-corrected chi connectivity index (χ0v) is 16.9. The van der Waals surface area contributed by atoms with E-state index in [1.165, 1.54) is 12.8 Å². The molecule has 2 saturated heterocycles. The highest BCUT2D eigenvalue weighted by molar-refractivity contribution is 5.52. The third-order valence-corrected chi connectivity index (χ3v) is 6.53. The predicted molar refractivity (Wildman–Crippen MR) is 111 cm³/mol. The van der Waals surface area contributed by atoms with E-state index in [1.807, 2.05) is 42.6 Å². The molecule has 4 heterocycles. The number of aromatic nitrogens is 3. The molecule has 2 aromatic heterocycles. The van der Waals surface area contributed by atoms with Crippen molar-refractivity contribution in [3.05, 3.63) is 66.2 Å². The van der Waals surface area contributed by atoms with Gasteiger partial charge in [0.25, 0.3) is 5.89 Å². The Morgan fingerprint density at radius 2 is 1.86 bits per heavy atom. The maximum atomic E-state index is 5.57. The Hall–Kier alpha value is -2.57. The first-order valence-corrected chi connectivity index (χ1v) is 10.4. The van der Waals surface area contributed by atoms with E-state index in [1.54, 1.807) is 0 Å². The standard InChI is InChI=1S/C23H27N5O/c1-27-17-23(10-13-28(14-11-23)16-19-9-5-6-12-24-19)15-20(27)21-25-22(29-26-21)18-7-3-2-4-8-18/h2-9,12,20H,10-11,13-17H2,1H3. The summed E-state index contributed by atoms with van der Waals surface area (Å²) in [5.74, 6) is 1.43. The van der Waals surface area contributed by atoms with Crippen molar-refractivity contribution in [2.24, 2.45) is 5.41 Å². The Bertz CT molecular complexity index is 934. The van der Waals surface area contributed by atoms with Crippen LogP contribution in [0.25, 0.3) is 11.5 Å². The fourth-order valence-electron chi connectivity index (χ4n) is 4.89. The topological polar surface area (TPSA) is 58.3 Å². The quantitative estimate of drug-likeness (QED) is 0.677. The molecule has 1 aromatic carbocycles. The van der Waals surface area contributed by atoms with E-state index >= 15 is 0 Å². The molecule has 6 nitrogen and oxygen atoms in total. The average molecular weight is 390 g/mol. The van der Waals surface area contributed by atoms with Crippen molar-refractivity contribution in [3.8, 4) is 11.5 Å². The van der Waals surface area contributed by atoms with E-state index in [-0.39, 0.29) is 6.04 Å². The Labute approximate surface area is 171 Å². The van der Waals surface area contributed by atoms with Crippen LogP contribution in [-0.4, -0.2) is 51.6 Å². The van der Waals surface area contributed by atoms with E-state index in [2.05, 4.69) is 39.1 Å². The van der Waals surface area contributed by atoms with Crippen LogP contribution in [-0.2, 0) is 6.54 Å². The summed E-state index contributed by atoms with van der Waals surface area (Å²) < 4.78 is 5.57. The minimum atomic E-state index is 0.235. The molecule has 1 atom stereocenters. The molecule has 0 radical (unpaired) electrons. The fraction of sp³-hybridized carbons (Fsp3) is 0.435. The molecule has 2 fully saturated rings. The molecule has 0 aliphatic carbocycles. The number of piperidine rings is 1. The summed E-state index contributed by atoms with van der Waals surface area (Å²) in [7, 11) is 2.19. The monoisotopic (exact) mass is 389 g/mol. The van der Waals surface area contributed by atoms with E-state index in [4.69, 9.17) is 9.51 Å². The molecule has 0 N–H and O–H groups in total. The third-order valence-electron chi connectivity index (χ3n) is 6.53.